The molecule has 0 amide bonds. The van der Waals surface area contributed by atoms with Gasteiger partial charge in [0, 0.05) is 24.2 Å². The first kappa shape index (κ1) is 11.3. The van der Waals surface area contributed by atoms with Gasteiger partial charge in [0.2, 0.25) is 0 Å². The Morgan fingerprint density at radius 2 is 1.81 bits per heavy atom. The van der Waals surface area contributed by atoms with Crippen molar-refractivity contribution < 1.29 is 4.79 Å². The average molecular weight is 217 g/mol. The first-order valence-electron chi connectivity index (χ1n) is 5.76. The fourth-order valence-electron chi connectivity index (χ4n) is 2.09. The van der Waals surface area contributed by atoms with Crippen molar-refractivity contribution in [2.24, 2.45) is 0 Å². The van der Waals surface area contributed by atoms with Gasteiger partial charge in [0.05, 0.1) is 0 Å². The SMILES string of the molecule is CC(=O)c1ccc2c(c1)CN(C(C)(C)C)C2. The second-order valence-electron chi connectivity index (χ2n) is 5.57. The van der Waals surface area contributed by atoms with Crippen molar-refractivity contribution in [3.8, 4) is 0 Å². The molecule has 0 bridgehead atoms. The molecule has 0 atom stereocenters. The Bertz CT molecular complexity index is 429. The molecule has 0 aliphatic carbocycles. The second-order valence-corrected chi connectivity index (χ2v) is 5.57. The number of ketones is 1. The van der Waals surface area contributed by atoms with Gasteiger partial charge >= 0.3 is 0 Å². The minimum absolute atomic E-state index is 0.150. The summed E-state index contributed by atoms with van der Waals surface area (Å²) in [5, 5.41) is 0. The van der Waals surface area contributed by atoms with Crippen molar-refractivity contribution in [1.29, 1.82) is 0 Å². The first-order chi connectivity index (χ1) is 7.38. The molecule has 0 saturated heterocycles. The lowest BCUT2D eigenvalue weighted by atomic mass is 10.0. The van der Waals surface area contributed by atoms with E-state index in [1.807, 2.05) is 12.1 Å². The second kappa shape index (κ2) is 3.70. The average Bonchev–Trinajstić information content (AvgIpc) is 2.58. The van der Waals surface area contributed by atoms with E-state index in [4.69, 9.17) is 0 Å². The number of carbonyl (C=O) groups is 1. The monoisotopic (exact) mass is 217 g/mol. The molecule has 1 aromatic rings. The Labute approximate surface area is 97.3 Å². The van der Waals surface area contributed by atoms with Crippen LogP contribution >= 0.6 is 0 Å². The van der Waals surface area contributed by atoms with Crippen LogP contribution in [0, 0.1) is 0 Å². The number of carbonyl (C=O) groups excluding carboxylic acids is 1. The topological polar surface area (TPSA) is 20.3 Å². The molecule has 0 radical (unpaired) electrons. The van der Waals surface area contributed by atoms with Crippen LogP contribution < -0.4 is 0 Å². The van der Waals surface area contributed by atoms with E-state index >= 15 is 0 Å². The lowest BCUT2D eigenvalue weighted by Crippen LogP contribution is -2.36. The zero-order valence-corrected chi connectivity index (χ0v) is 10.5. The molecular formula is C14H19NO. The van der Waals surface area contributed by atoms with Crippen LogP contribution in [-0.2, 0) is 13.1 Å². The van der Waals surface area contributed by atoms with Crippen molar-refractivity contribution in [1.82, 2.24) is 4.90 Å². The highest BCUT2D eigenvalue weighted by atomic mass is 16.1. The number of hydrogen-bond donors (Lipinski definition) is 0. The molecule has 1 aliphatic rings. The largest absolute Gasteiger partial charge is 0.295 e. The molecule has 0 N–H and O–H groups in total. The number of fused-ring (bicyclic) bond motifs is 1. The highest BCUT2D eigenvalue weighted by Gasteiger charge is 2.28. The van der Waals surface area contributed by atoms with Gasteiger partial charge in [-0.05, 0) is 44.9 Å². The fourth-order valence-corrected chi connectivity index (χ4v) is 2.09. The maximum absolute atomic E-state index is 11.3. The number of benzene rings is 1. The molecule has 0 fully saturated rings. The van der Waals surface area contributed by atoms with Crippen molar-refractivity contribution in [3.63, 3.8) is 0 Å². The maximum Gasteiger partial charge on any atom is 0.159 e. The van der Waals surface area contributed by atoms with Crippen LogP contribution in [0.4, 0.5) is 0 Å². The Hall–Kier alpha value is -1.15. The van der Waals surface area contributed by atoms with E-state index in [-0.39, 0.29) is 11.3 Å². The van der Waals surface area contributed by atoms with Gasteiger partial charge in [0.15, 0.2) is 5.78 Å². The third-order valence-corrected chi connectivity index (χ3v) is 3.28. The molecule has 16 heavy (non-hydrogen) atoms. The fraction of sp³-hybridized carbons (Fsp3) is 0.500. The molecule has 0 unspecified atom stereocenters. The molecule has 1 aromatic carbocycles. The van der Waals surface area contributed by atoms with Crippen molar-refractivity contribution in [3.05, 3.63) is 34.9 Å². The van der Waals surface area contributed by atoms with Crippen LogP contribution in [0.25, 0.3) is 0 Å². The molecule has 0 saturated carbocycles. The molecule has 2 rings (SSSR count). The summed E-state index contributed by atoms with van der Waals surface area (Å²) in [7, 11) is 0. The standard InChI is InChI=1S/C14H19NO/c1-10(16)11-5-6-12-8-15(14(2,3)4)9-13(12)7-11/h5-7H,8-9H2,1-4H3. The minimum atomic E-state index is 0.150. The Morgan fingerprint density at radius 3 is 2.38 bits per heavy atom. The van der Waals surface area contributed by atoms with Gasteiger partial charge < -0.3 is 0 Å². The van der Waals surface area contributed by atoms with E-state index in [9.17, 15) is 4.79 Å². The number of Topliss-reactive ketones (excluding diaryl/α,β-unsaturated/α-hetero) is 1. The third-order valence-electron chi connectivity index (χ3n) is 3.28. The molecule has 2 heteroatoms. The zero-order chi connectivity index (χ0) is 11.9. The van der Waals surface area contributed by atoms with Gasteiger partial charge in [-0.2, -0.15) is 0 Å². The lowest BCUT2D eigenvalue weighted by molar-refractivity contribution is 0.101. The smallest absolute Gasteiger partial charge is 0.159 e. The first-order valence-corrected chi connectivity index (χ1v) is 5.76. The van der Waals surface area contributed by atoms with Crippen molar-refractivity contribution in [2.45, 2.75) is 46.3 Å². The summed E-state index contributed by atoms with van der Waals surface area (Å²) in [5.41, 5.74) is 3.69. The van der Waals surface area contributed by atoms with Gasteiger partial charge in [-0.25, -0.2) is 0 Å². The van der Waals surface area contributed by atoms with Crippen molar-refractivity contribution >= 4 is 5.78 Å². The van der Waals surface area contributed by atoms with Gasteiger partial charge in [-0.3, -0.25) is 9.69 Å². The highest BCUT2D eigenvalue weighted by molar-refractivity contribution is 5.94. The summed E-state index contributed by atoms with van der Waals surface area (Å²) in [4.78, 5) is 13.7. The summed E-state index contributed by atoms with van der Waals surface area (Å²) in [6.07, 6.45) is 0. The van der Waals surface area contributed by atoms with Crippen LogP contribution in [-0.4, -0.2) is 16.2 Å². The molecule has 1 aliphatic heterocycles. The number of hydrogen-bond acceptors (Lipinski definition) is 2. The van der Waals surface area contributed by atoms with Crippen LogP contribution in [0.2, 0.25) is 0 Å². The predicted octanol–water partition coefficient (Wildman–Crippen LogP) is 3.00. The van der Waals surface area contributed by atoms with Crippen molar-refractivity contribution in [2.75, 3.05) is 0 Å². The zero-order valence-electron chi connectivity index (χ0n) is 10.5. The highest BCUT2D eigenvalue weighted by Crippen LogP contribution is 2.29. The Kier molecular flexibility index (Phi) is 2.62. The number of nitrogens with zero attached hydrogens (tertiary/aromatic N) is 1. The van der Waals surface area contributed by atoms with E-state index in [1.54, 1.807) is 6.92 Å². The molecular weight excluding hydrogens is 198 g/mol. The molecule has 0 aromatic heterocycles. The predicted molar refractivity (Wildman–Crippen MR) is 65.4 cm³/mol. The van der Waals surface area contributed by atoms with E-state index < -0.39 is 0 Å². The van der Waals surface area contributed by atoms with Gasteiger partial charge in [-0.1, -0.05) is 12.1 Å². The van der Waals surface area contributed by atoms with Gasteiger partial charge in [-0.15, -0.1) is 0 Å². The van der Waals surface area contributed by atoms with E-state index in [0.717, 1.165) is 18.7 Å². The third kappa shape index (κ3) is 2.03. The van der Waals surface area contributed by atoms with E-state index in [1.165, 1.54) is 11.1 Å². The Morgan fingerprint density at radius 1 is 1.19 bits per heavy atom. The molecule has 2 nitrogen and oxygen atoms in total. The van der Waals surface area contributed by atoms with Crippen LogP contribution in [0.15, 0.2) is 18.2 Å². The van der Waals surface area contributed by atoms with Gasteiger partial charge in [0.25, 0.3) is 0 Å². The minimum Gasteiger partial charge on any atom is -0.295 e. The summed E-state index contributed by atoms with van der Waals surface area (Å²) >= 11 is 0. The summed E-state index contributed by atoms with van der Waals surface area (Å²) in [6, 6.07) is 6.08. The summed E-state index contributed by atoms with van der Waals surface area (Å²) < 4.78 is 0. The Balaban J connectivity index is 2.28. The molecule has 0 spiro atoms. The van der Waals surface area contributed by atoms with Crippen LogP contribution in [0.1, 0.15) is 49.2 Å². The maximum atomic E-state index is 11.3. The number of rotatable bonds is 1. The lowest BCUT2D eigenvalue weighted by Gasteiger charge is -2.31. The van der Waals surface area contributed by atoms with Crippen LogP contribution in [0.5, 0.6) is 0 Å². The van der Waals surface area contributed by atoms with Gasteiger partial charge in [0.1, 0.15) is 0 Å². The molecule has 1 heterocycles. The summed E-state index contributed by atoms with van der Waals surface area (Å²) in [5.74, 6) is 0.150. The van der Waals surface area contributed by atoms with E-state index in [2.05, 4.69) is 31.7 Å². The normalized spacial score (nSPS) is 16.2. The van der Waals surface area contributed by atoms with E-state index in [0.29, 0.717) is 0 Å². The van der Waals surface area contributed by atoms with Crippen LogP contribution in [0.3, 0.4) is 0 Å². The molecule has 86 valence electrons. The summed E-state index contributed by atoms with van der Waals surface area (Å²) in [6.45, 7) is 10.3. The quantitative estimate of drug-likeness (QED) is 0.674.